The van der Waals surface area contributed by atoms with Crippen LogP contribution in [0.3, 0.4) is 0 Å². The van der Waals surface area contributed by atoms with E-state index in [1.165, 1.54) is 0 Å². The number of carbonyl (C=O) groups excluding carboxylic acids is 1. The predicted octanol–water partition coefficient (Wildman–Crippen LogP) is 3.32. The zero-order valence-electron chi connectivity index (χ0n) is 11.7. The van der Waals surface area contributed by atoms with Crippen LogP contribution < -0.4 is 5.32 Å². The number of fused-ring (bicyclic) bond motifs is 1. The number of rotatable bonds is 5. The summed E-state index contributed by atoms with van der Waals surface area (Å²) in [5.74, 6) is -1.71. The van der Waals surface area contributed by atoms with Crippen LogP contribution in [-0.2, 0) is 4.79 Å². The molecule has 0 radical (unpaired) electrons. The van der Waals surface area contributed by atoms with Gasteiger partial charge in [0, 0.05) is 10.4 Å². The van der Waals surface area contributed by atoms with Gasteiger partial charge in [-0.2, -0.15) is 0 Å². The highest BCUT2D eigenvalue weighted by Crippen LogP contribution is 2.23. The van der Waals surface area contributed by atoms with Gasteiger partial charge in [-0.15, -0.1) is 0 Å². The summed E-state index contributed by atoms with van der Waals surface area (Å²) in [6, 6.07) is 5.61. The highest BCUT2D eigenvalue weighted by Gasteiger charge is 2.26. The number of furan rings is 1. The molecule has 2 unspecified atom stereocenters. The van der Waals surface area contributed by atoms with Crippen molar-refractivity contribution < 1.29 is 19.1 Å². The van der Waals surface area contributed by atoms with E-state index in [-0.39, 0.29) is 11.7 Å². The summed E-state index contributed by atoms with van der Waals surface area (Å²) in [7, 11) is 0. The molecular weight excluding hydrogens is 294 g/mol. The third kappa shape index (κ3) is 3.36. The van der Waals surface area contributed by atoms with Crippen molar-refractivity contribution in [2.75, 3.05) is 0 Å². The Bertz CT molecular complexity index is 679. The predicted molar refractivity (Wildman–Crippen MR) is 79.6 cm³/mol. The minimum atomic E-state index is -1.06. The van der Waals surface area contributed by atoms with Crippen molar-refractivity contribution in [3.8, 4) is 0 Å². The molecule has 0 fully saturated rings. The van der Waals surface area contributed by atoms with Gasteiger partial charge in [-0.3, -0.25) is 4.79 Å². The summed E-state index contributed by atoms with van der Waals surface area (Å²) in [6.45, 7) is 3.65. The molecule has 1 aromatic heterocycles. The maximum atomic E-state index is 12.1. The summed E-state index contributed by atoms with van der Waals surface area (Å²) in [5.41, 5.74) is 0.528. The van der Waals surface area contributed by atoms with Gasteiger partial charge >= 0.3 is 5.97 Å². The quantitative estimate of drug-likeness (QED) is 0.888. The van der Waals surface area contributed by atoms with Crippen LogP contribution in [0.2, 0.25) is 5.02 Å². The van der Waals surface area contributed by atoms with Crippen LogP contribution in [0.25, 0.3) is 11.0 Å². The standard InChI is InChI=1S/C15H16ClNO4/c1-3-8(2)13(15(19)20)17-14(18)12-7-9-6-10(16)4-5-11(9)21-12/h4-8,13H,3H2,1-2H3,(H,17,18)(H,19,20). The van der Waals surface area contributed by atoms with Crippen LogP contribution in [0, 0.1) is 5.92 Å². The zero-order chi connectivity index (χ0) is 15.6. The van der Waals surface area contributed by atoms with E-state index in [4.69, 9.17) is 16.0 Å². The van der Waals surface area contributed by atoms with Crippen molar-refractivity contribution in [2.24, 2.45) is 5.92 Å². The average molecular weight is 310 g/mol. The van der Waals surface area contributed by atoms with E-state index in [0.717, 1.165) is 0 Å². The van der Waals surface area contributed by atoms with E-state index in [1.54, 1.807) is 31.2 Å². The number of hydrogen-bond donors (Lipinski definition) is 2. The van der Waals surface area contributed by atoms with Gasteiger partial charge in [0.1, 0.15) is 11.6 Å². The second-order valence-corrected chi connectivity index (χ2v) is 5.40. The van der Waals surface area contributed by atoms with Crippen molar-refractivity contribution in [3.05, 3.63) is 35.0 Å². The molecule has 0 saturated heterocycles. The monoisotopic (exact) mass is 309 g/mol. The first-order chi connectivity index (χ1) is 9.92. The fraction of sp³-hybridized carbons (Fsp3) is 0.333. The van der Waals surface area contributed by atoms with Crippen molar-refractivity contribution in [1.29, 1.82) is 0 Å². The van der Waals surface area contributed by atoms with Crippen LogP contribution in [0.4, 0.5) is 0 Å². The summed E-state index contributed by atoms with van der Waals surface area (Å²) in [4.78, 5) is 23.4. The maximum Gasteiger partial charge on any atom is 0.326 e. The first-order valence-corrected chi connectivity index (χ1v) is 7.03. The number of carboxylic acids is 1. The fourth-order valence-electron chi connectivity index (χ4n) is 2.02. The van der Waals surface area contributed by atoms with Gasteiger partial charge in [-0.25, -0.2) is 4.79 Å². The van der Waals surface area contributed by atoms with Gasteiger partial charge in [-0.1, -0.05) is 31.9 Å². The number of amides is 1. The first kappa shape index (κ1) is 15.4. The Hall–Kier alpha value is -2.01. The number of aliphatic carboxylic acids is 1. The minimum absolute atomic E-state index is 0.0711. The Morgan fingerprint density at radius 2 is 2.10 bits per heavy atom. The lowest BCUT2D eigenvalue weighted by atomic mass is 9.99. The van der Waals surface area contributed by atoms with Gasteiger partial charge < -0.3 is 14.8 Å². The number of carboxylic acid groups (broad SMARTS) is 1. The van der Waals surface area contributed by atoms with Crippen LogP contribution in [-0.4, -0.2) is 23.0 Å². The second kappa shape index (κ2) is 6.18. The molecule has 0 bridgehead atoms. The molecule has 2 rings (SSSR count). The van der Waals surface area contributed by atoms with Crippen molar-refractivity contribution in [2.45, 2.75) is 26.3 Å². The molecular formula is C15H16ClNO4. The second-order valence-electron chi connectivity index (χ2n) is 4.97. The first-order valence-electron chi connectivity index (χ1n) is 6.65. The number of hydrogen-bond acceptors (Lipinski definition) is 3. The molecule has 21 heavy (non-hydrogen) atoms. The van der Waals surface area contributed by atoms with Crippen molar-refractivity contribution in [1.82, 2.24) is 5.32 Å². The highest BCUT2D eigenvalue weighted by atomic mass is 35.5. The molecule has 1 aromatic carbocycles. The number of carbonyl (C=O) groups is 2. The third-order valence-corrected chi connectivity index (χ3v) is 3.70. The van der Waals surface area contributed by atoms with E-state index in [2.05, 4.69) is 5.32 Å². The molecule has 0 aliphatic heterocycles. The molecule has 0 aliphatic carbocycles. The van der Waals surface area contributed by atoms with E-state index in [1.807, 2.05) is 6.92 Å². The summed E-state index contributed by atoms with van der Waals surface area (Å²) < 4.78 is 5.42. The molecule has 1 amide bonds. The molecule has 0 saturated carbocycles. The van der Waals surface area contributed by atoms with Crippen LogP contribution in [0.1, 0.15) is 30.8 Å². The van der Waals surface area contributed by atoms with Gasteiger partial charge in [0.05, 0.1) is 0 Å². The number of nitrogens with one attached hydrogen (secondary N) is 1. The molecule has 5 nitrogen and oxygen atoms in total. The van der Waals surface area contributed by atoms with Crippen molar-refractivity contribution >= 4 is 34.4 Å². The summed E-state index contributed by atoms with van der Waals surface area (Å²) >= 11 is 5.87. The molecule has 6 heteroatoms. The normalized spacial score (nSPS) is 13.9. The topological polar surface area (TPSA) is 79.5 Å². The van der Waals surface area contributed by atoms with Gasteiger partial charge in [-0.05, 0) is 30.2 Å². The molecule has 0 aliphatic rings. The molecule has 1 heterocycles. The molecule has 2 atom stereocenters. The van der Waals surface area contributed by atoms with E-state index >= 15 is 0 Å². The van der Waals surface area contributed by atoms with Crippen LogP contribution in [0.5, 0.6) is 0 Å². The SMILES string of the molecule is CCC(C)C(NC(=O)c1cc2cc(Cl)ccc2o1)C(=O)O. The summed E-state index contributed by atoms with van der Waals surface area (Å²) in [6.07, 6.45) is 0.646. The molecule has 0 spiro atoms. The van der Waals surface area contributed by atoms with Crippen LogP contribution >= 0.6 is 11.6 Å². The Labute approximate surface area is 126 Å². The fourth-order valence-corrected chi connectivity index (χ4v) is 2.20. The van der Waals surface area contributed by atoms with Crippen molar-refractivity contribution in [3.63, 3.8) is 0 Å². The number of halogens is 1. The molecule has 112 valence electrons. The lowest BCUT2D eigenvalue weighted by Gasteiger charge is -2.19. The number of benzene rings is 1. The van der Waals surface area contributed by atoms with Crippen LogP contribution in [0.15, 0.2) is 28.7 Å². The largest absolute Gasteiger partial charge is 0.480 e. The van der Waals surface area contributed by atoms with Gasteiger partial charge in [0.25, 0.3) is 5.91 Å². The summed E-state index contributed by atoms with van der Waals surface area (Å²) in [5, 5.41) is 12.9. The van der Waals surface area contributed by atoms with E-state index in [0.29, 0.717) is 22.4 Å². The average Bonchev–Trinajstić information content (AvgIpc) is 2.86. The Kier molecular flexibility index (Phi) is 4.53. The lowest BCUT2D eigenvalue weighted by molar-refractivity contribution is -0.140. The minimum Gasteiger partial charge on any atom is -0.480 e. The van der Waals surface area contributed by atoms with Gasteiger partial charge in [0.2, 0.25) is 0 Å². The van der Waals surface area contributed by atoms with Gasteiger partial charge in [0.15, 0.2) is 5.76 Å². The third-order valence-electron chi connectivity index (χ3n) is 3.47. The Morgan fingerprint density at radius 3 is 2.71 bits per heavy atom. The Morgan fingerprint density at radius 1 is 1.38 bits per heavy atom. The zero-order valence-corrected chi connectivity index (χ0v) is 12.5. The van der Waals surface area contributed by atoms with E-state index in [9.17, 15) is 14.7 Å². The Balaban J connectivity index is 2.23. The lowest BCUT2D eigenvalue weighted by Crippen LogP contribution is -2.44. The van der Waals surface area contributed by atoms with E-state index < -0.39 is 17.9 Å². The molecule has 2 N–H and O–H groups in total. The smallest absolute Gasteiger partial charge is 0.326 e. The molecule has 2 aromatic rings. The maximum absolute atomic E-state index is 12.1. The highest BCUT2D eigenvalue weighted by molar-refractivity contribution is 6.31.